The first-order valence-corrected chi connectivity index (χ1v) is 12.9. The molecule has 0 bridgehead atoms. The molecule has 1 aromatic heterocycles. The molecule has 1 aromatic carbocycles. The summed E-state index contributed by atoms with van der Waals surface area (Å²) in [5, 5.41) is 12.8. The summed E-state index contributed by atoms with van der Waals surface area (Å²) in [5.74, 6) is -1.08. The van der Waals surface area contributed by atoms with Crippen LogP contribution in [0.3, 0.4) is 0 Å². The standard InChI is InChI=1S/C22H28F3N4O8P/c1-12(2)35-19(31)13(3)28-38(33,37-14-7-5-4-6-8-14)34-11-22(20(24)25)17(30)16(23)18(36-22)29-10-9-15(26)27-21(29)32/h4-10,12-13,16-18,20,30H,11H2,1-3H3,(H,28,33)(H2,26,27,32)/t13-,16-,17-,18+,22+,38?/m0/s1. The molecular formula is C22H28F3N4O8P. The van der Waals surface area contributed by atoms with Gasteiger partial charge < -0.3 is 24.8 Å². The lowest BCUT2D eigenvalue weighted by molar-refractivity contribution is -0.192. The van der Waals surface area contributed by atoms with Crippen LogP contribution >= 0.6 is 7.75 Å². The van der Waals surface area contributed by atoms with E-state index < -0.39 is 68.7 Å². The lowest BCUT2D eigenvalue weighted by Crippen LogP contribution is -2.52. The van der Waals surface area contributed by atoms with Gasteiger partial charge in [-0.3, -0.25) is 13.9 Å². The summed E-state index contributed by atoms with van der Waals surface area (Å²) in [5.41, 5.74) is 1.19. The first-order valence-electron chi connectivity index (χ1n) is 11.4. The van der Waals surface area contributed by atoms with Crippen LogP contribution in [0.5, 0.6) is 5.75 Å². The lowest BCUT2D eigenvalue weighted by Gasteiger charge is -2.32. The molecule has 38 heavy (non-hydrogen) atoms. The van der Waals surface area contributed by atoms with Crippen LogP contribution < -0.4 is 21.0 Å². The SMILES string of the molecule is CC(C)OC(=O)[C@H](C)NP(=O)(OC[C@@]1(C(F)F)O[C@@H](n2ccc(N)nc2=O)[C@@H](F)[C@@H]1O)Oc1ccccc1. The molecule has 6 atom stereocenters. The molecule has 210 valence electrons. The molecule has 1 aliphatic rings. The van der Waals surface area contributed by atoms with Crippen molar-refractivity contribution in [1.82, 2.24) is 14.6 Å². The van der Waals surface area contributed by atoms with Gasteiger partial charge in [0.25, 0.3) is 6.43 Å². The Hall–Kier alpha value is -2.97. The summed E-state index contributed by atoms with van der Waals surface area (Å²) in [4.78, 5) is 27.8. The molecule has 12 nitrogen and oxygen atoms in total. The second-order valence-corrected chi connectivity index (χ2v) is 10.4. The number of rotatable bonds is 11. The van der Waals surface area contributed by atoms with Crippen molar-refractivity contribution in [2.75, 3.05) is 12.3 Å². The number of aromatic nitrogens is 2. The first-order chi connectivity index (χ1) is 17.8. The third-order valence-corrected chi connectivity index (χ3v) is 7.02. The van der Waals surface area contributed by atoms with Gasteiger partial charge in [-0.05, 0) is 39.0 Å². The predicted molar refractivity (Wildman–Crippen MR) is 127 cm³/mol. The van der Waals surface area contributed by atoms with Crippen molar-refractivity contribution >= 4 is 19.5 Å². The van der Waals surface area contributed by atoms with Crippen molar-refractivity contribution in [3.8, 4) is 5.75 Å². The van der Waals surface area contributed by atoms with Crippen molar-refractivity contribution < 1.29 is 46.2 Å². The predicted octanol–water partition coefficient (Wildman–Crippen LogP) is 2.19. The fourth-order valence-electron chi connectivity index (χ4n) is 3.50. The van der Waals surface area contributed by atoms with Gasteiger partial charge in [-0.25, -0.2) is 22.5 Å². The van der Waals surface area contributed by atoms with Gasteiger partial charge in [0.15, 0.2) is 18.0 Å². The normalized spacial score (nSPS) is 25.8. The van der Waals surface area contributed by atoms with Gasteiger partial charge in [-0.2, -0.15) is 10.1 Å². The van der Waals surface area contributed by atoms with Gasteiger partial charge in [0.2, 0.25) is 0 Å². The first kappa shape index (κ1) is 29.6. The zero-order chi connectivity index (χ0) is 28.3. The average molecular weight is 564 g/mol. The molecule has 0 amide bonds. The Morgan fingerprint density at radius 1 is 1.29 bits per heavy atom. The number of benzene rings is 1. The van der Waals surface area contributed by atoms with Crippen LogP contribution in [0.2, 0.25) is 0 Å². The van der Waals surface area contributed by atoms with Gasteiger partial charge in [0, 0.05) is 6.20 Å². The van der Waals surface area contributed by atoms with Crippen LogP contribution in [0, 0.1) is 0 Å². The number of aliphatic hydroxyl groups excluding tert-OH is 1. The number of para-hydroxylation sites is 1. The summed E-state index contributed by atoms with van der Waals surface area (Å²) in [6.07, 6.45) is -10.3. The fraction of sp³-hybridized carbons (Fsp3) is 0.500. The monoisotopic (exact) mass is 564 g/mol. The van der Waals surface area contributed by atoms with Crippen LogP contribution in [0.1, 0.15) is 27.0 Å². The Morgan fingerprint density at radius 2 is 1.95 bits per heavy atom. The van der Waals surface area contributed by atoms with E-state index in [1.54, 1.807) is 19.9 Å². The quantitative estimate of drug-likeness (QED) is 0.271. The van der Waals surface area contributed by atoms with E-state index >= 15 is 4.39 Å². The number of halogens is 3. The number of carbonyl (C=O) groups excluding carboxylic acids is 1. The second kappa shape index (κ2) is 11.8. The van der Waals surface area contributed by atoms with Gasteiger partial charge in [-0.15, -0.1) is 0 Å². The van der Waals surface area contributed by atoms with E-state index in [2.05, 4.69) is 10.1 Å². The molecule has 1 saturated heterocycles. The minimum atomic E-state index is -4.68. The number of hydrogen-bond acceptors (Lipinski definition) is 10. The van der Waals surface area contributed by atoms with E-state index in [0.717, 1.165) is 12.3 Å². The van der Waals surface area contributed by atoms with Crippen molar-refractivity contribution in [3.05, 3.63) is 53.1 Å². The van der Waals surface area contributed by atoms with E-state index in [4.69, 9.17) is 24.3 Å². The molecule has 0 spiro atoms. The molecule has 4 N–H and O–H groups in total. The molecular weight excluding hydrogens is 536 g/mol. The summed E-state index contributed by atoms with van der Waals surface area (Å²) in [7, 11) is -4.68. The number of ether oxygens (including phenoxy) is 2. The van der Waals surface area contributed by atoms with Crippen LogP contribution in [0.15, 0.2) is 47.4 Å². The number of aliphatic hydroxyl groups is 1. The third-order valence-electron chi connectivity index (χ3n) is 5.40. The molecule has 0 radical (unpaired) electrons. The Labute approximate surface area is 215 Å². The van der Waals surface area contributed by atoms with Crippen LogP contribution in [-0.2, 0) is 23.4 Å². The van der Waals surface area contributed by atoms with Gasteiger partial charge >= 0.3 is 19.4 Å². The summed E-state index contributed by atoms with van der Waals surface area (Å²) >= 11 is 0. The molecule has 1 unspecified atom stereocenters. The molecule has 1 aliphatic heterocycles. The van der Waals surface area contributed by atoms with Crippen LogP contribution in [0.4, 0.5) is 19.0 Å². The lowest BCUT2D eigenvalue weighted by atomic mass is 9.97. The van der Waals surface area contributed by atoms with Crippen LogP contribution in [0.25, 0.3) is 0 Å². The van der Waals surface area contributed by atoms with E-state index in [-0.39, 0.29) is 11.6 Å². The van der Waals surface area contributed by atoms with E-state index in [1.807, 2.05) is 0 Å². The number of nitrogens with zero attached hydrogens (tertiary/aromatic N) is 2. The topological polar surface area (TPSA) is 164 Å². The number of nitrogens with two attached hydrogens (primary N) is 1. The van der Waals surface area contributed by atoms with Crippen molar-refractivity contribution in [2.24, 2.45) is 0 Å². The minimum absolute atomic E-state index is 0.0208. The van der Waals surface area contributed by atoms with Gasteiger partial charge in [0.05, 0.1) is 12.7 Å². The maximum atomic E-state index is 15.0. The number of hydrogen-bond donors (Lipinski definition) is 3. The summed E-state index contributed by atoms with van der Waals surface area (Å²) in [6.45, 7) is 3.06. The van der Waals surface area contributed by atoms with Gasteiger partial charge in [0.1, 0.15) is 23.7 Å². The van der Waals surface area contributed by atoms with Crippen LogP contribution in [-0.4, -0.2) is 63.7 Å². The average Bonchev–Trinajstić information content (AvgIpc) is 3.09. The number of alkyl halides is 3. The highest BCUT2D eigenvalue weighted by molar-refractivity contribution is 7.52. The highest BCUT2D eigenvalue weighted by atomic mass is 31.2. The Kier molecular flexibility index (Phi) is 9.21. The molecule has 2 heterocycles. The van der Waals surface area contributed by atoms with E-state index in [1.165, 1.54) is 31.2 Å². The van der Waals surface area contributed by atoms with Crippen molar-refractivity contribution in [3.63, 3.8) is 0 Å². The third kappa shape index (κ3) is 6.53. The van der Waals surface area contributed by atoms with Gasteiger partial charge in [-0.1, -0.05) is 18.2 Å². The summed E-state index contributed by atoms with van der Waals surface area (Å²) < 4.78 is 78.7. The number of esters is 1. The Balaban J connectivity index is 1.90. The number of anilines is 1. The molecule has 2 aromatic rings. The minimum Gasteiger partial charge on any atom is -0.462 e. The maximum Gasteiger partial charge on any atom is 0.459 e. The number of nitrogen functional groups attached to an aromatic ring is 1. The zero-order valence-corrected chi connectivity index (χ0v) is 21.5. The van der Waals surface area contributed by atoms with Crippen molar-refractivity contribution in [1.29, 1.82) is 0 Å². The largest absolute Gasteiger partial charge is 0.462 e. The summed E-state index contributed by atoms with van der Waals surface area (Å²) in [6, 6.07) is 7.24. The Bertz CT molecular complexity index is 1220. The molecule has 0 saturated carbocycles. The smallest absolute Gasteiger partial charge is 0.459 e. The zero-order valence-electron chi connectivity index (χ0n) is 20.6. The van der Waals surface area contributed by atoms with E-state index in [0.29, 0.717) is 4.57 Å². The molecule has 0 aliphatic carbocycles. The number of carbonyl (C=O) groups is 1. The van der Waals surface area contributed by atoms with Crippen molar-refractivity contribution in [2.45, 2.75) is 63.4 Å². The highest BCUT2D eigenvalue weighted by Gasteiger charge is 2.62. The maximum absolute atomic E-state index is 15.0. The Morgan fingerprint density at radius 3 is 2.53 bits per heavy atom. The molecule has 16 heteroatoms. The molecule has 3 rings (SSSR count). The van der Waals surface area contributed by atoms with E-state index in [9.17, 15) is 28.0 Å². The highest BCUT2D eigenvalue weighted by Crippen LogP contribution is 2.49. The second-order valence-electron chi connectivity index (χ2n) is 8.71. The number of nitrogens with one attached hydrogen (secondary N) is 1. The molecule has 1 fully saturated rings. The fourth-order valence-corrected chi connectivity index (χ4v) is 5.03.